The molecule has 37 heavy (non-hydrogen) atoms. The van der Waals surface area contributed by atoms with Crippen molar-refractivity contribution in [1.29, 1.82) is 0 Å². The lowest BCUT2D eigenvalue weighted by atomic mass is 9.89. The number of hydrogen-bond acceptors (Lipinski definition) is 4. The van der Waals surface area contributed by atoms with Crippen LogP contribution in [0.1, 0.15) is 59.9 Å². The summed E-state index contributed by atoms with van der Waals surface area (Å²) in [5, 5.41) is 7.01. The molecular weight excluding hydrogens is 468 g/mol. The van der Waals surface area contributed by atoms with E-state index in [1.807, 2.05) is 62.4 Å². The molecule has 2 unspecified atom stereocenters. The van der Waals surface area contributed by atoms with Gasteiger partial charge in [-0.2, -0.15) is 0 Å². The van der Waals surface area contributed by atoms with Crippen LogP contribution in [0.4, 0.5) is 0 Å². The number of carbonyl (C=O) groups is 3. The van der Waals surface area contributed by atoms with Gasteiger partial charge in [0.05, 0.1) is 6.04 Å². The second-order valence-electron chi connectivity index (χ2n) is 9.99. The largest absolute Gasteiger partial charge is 0.385 e. The van der Waals surface area contributed by atoms with Gasteiger partial charge in [0.15, 0.2) is 0 Å². The standard InChI is InChI=1S/C29H34N4O4/c1-4-17(2)24(28(35)30-14-9-15-37-3)32-27(34)23-16-21-18-10-7-8-13-22(18)31-25(21)26-19-11-5-6-12-20(19)29(36)33(23)26/h5-8,10-13,17,23-24,26,31H,4,9,14-16H2,1-3H3,(H,30,35)(H,32,34)/t17?,23-,24-,26?/m0/s1. The maximum absolute atomic E-state index is 13.9. The van der Waals surface area contributed by atoms with E-state index in [-0.39, 0.29) is 29.7 Å². The molecule has 0 radical (unpaired) electrons. The maximum Gasteiger partial charge on any atom is 0.255 e. The van der Waals surface area contributed by atoms with E-state index in [0.717, 1.165) is 34.1 Å². The summed E-state index contributed by atoms with van der Waals surface area (Å²) < 4.78 is 5.06. The van der Waals surface area contributed by atoms with Crippen LogP contribution >= 0.6 is 0 Å². The number of aromatic amines is 1. The molecule has 3 amide bonds. The Balaban J connectivity index is 1.48. The quantitative estimate of drug-likeness (QED) is 0.391. The second-order valence-corrected chi connectivity index (χ2v) is 9.99. The molecule has 0 spiro atoms. The Kier molecular flexibility index (Phi) is 7.02. The molecule has 3 heterocycles. The number of nitrogens with one attached hydrogen (secondary N) is 3. The lowest BCUT2D eigenvalue weighted by Crippen LogP contribution is -2.58. The van der Waals surface area contributed by atoms with E-state index >= 15 is 0 Å². The fraction of sp³-hybridized carbons (Fsp3) is 0.414. The SMILES string of the molecule is CCC(C)[C@H](NC(=O)[C@@H]1Cc2c([nH]c3ccccc23)C2c3ccccc3C(=O)N21)C(=O)NCCCOC. The summed E-state index contributed by atoms with van der Waals surface area (Å²) in [5.41, 5.74) is 4.50. The molecule has 0 saturated heterocycles. The number of para-hydroxylation sites is 1. The van der Waals surface area contributed by atoms with Gasteiger partial charge in [-0.15, -0.1) is 0 Å². The van der Waals surface area contributed by atoms with Gasteiger partial charge in [-0.1, -0.05) is 56.7 Å². The smallest absolute Gasteiger partial charge is 0.255 e. The molecule has 2 aliphatic heterocycles. The van der Waals surface area contributed by atoms with Crippen LogP contribution in [0.5, 0.6) is 0 Å². The van der Waals surface area contributed by atoms with Crippen molar-refractivity contribution in [3.8, 4) is 0 Å². The molecule has 0 bridgehead atoms. The third-order valence-corrected chi connectivity index (χ3v) is 7.77. The molecule has 0 saturated carbocycles. The van der Waals surface area contributed by atoms with Crippen molar-refractivity contribution in [3.63, 3.8) is 0 Å². The highest BCUT2D eigenvalue weighted by molar-refractivity contribution is 6.04. The van der Waals surface area contributed by atoms with Crippen LogP contribution < -0.4 is 10.6 Å². The van der Waals surface area contributed by atoms with Gasteiger partial charge in [0.1, 0.15) is 12.1 Å². The topological polar surface area (TPSA) is 104 Å². The van der Waals surface area contributed by atoms with Crippen molar-refractivity contribution in [2.24, 2.45) is 5.92 Å². The van der Waals surface area contributed by atoms with E-state index < -0.39 is 12.1 Å². The number of rotatable bonds is 9. The zero-order valence-electron chi connectivity index (χ0n) is 21.5. The average Bonchev–Trinajstić information content (AvgIpc) is 3.44. The molecule has 1 aromatic heterocycles. The summed E-state index contributed by atoms with van der Waals surface area (Å²) in [6, 6.07) is 13.8. The van der Waals surface area contributed by atoms with Crippen LogP contribution in [-0.2, 0) is 20.7 Å². The molecule has 2 aromatic carbocycles. The van der Waals surface area contributed by atoms with E-state index in [0.29, 0.717) is 31.6 Å². The summed E-state index contributed by atoms with van der Waals surface area (Å²) in [6.45, 7) is 4.98. The molecule has 4 atom stereocenters. The van der Waals surface area contributed by atoms with E-state index in [4.69, 9.17) is 4.74 Å². The third-order valence-electron chi connectivity index (χ3n) is 7.77. The predicted octanol–water partition coefficient (Wildman–Crippen LogP) is 3.32. The van der Waals surface area contributed by atoms with Gasteiger partial charge in [-0.25, -0.2) is 0 Å². The summed E-state index contributed by atoms with van der Waals surface area (Å²) in [7, 11) is 1.62. The van der Waals surface area contributed by atoms with Crippen LogP contribution in [0, 0.1) is 5.92 Å². The first-order chi connectivity index (χ1) is 18.0. The minimum absolute atomic E-state index is 0.0686. The lowest BCUT2D eigenvalue weighted by molar-refractivity contribution is -0.133. The summed E-state index contributed by atoms with van der Waals surface area (Å²) in [4.78, 5) is 45.8. The molecule has 5 rings (SSSR count). The summed E-state index contributed by atoms with van der Waals surface area (Å²) in [6.07, 6.45) is 1.80. The van der Waals surface area contributed by atoms with Gasteiger partial charge in [0.25, 0.3) is 5.91 Å². The molecule has 8 nitrogen and oxygen atoms in total. The maximum atomic E-state index is 13.9. The Hall–Kier alpha value is -3.65. The van der Waals surface area contributed by atoms with Gasteiger partial charge < -0.3 is 25.3 Å². The Morgan fingerprint density at radius 3 is 2.70 bits per heavy atom. The molecule has 194 valence electrons. The third kappa shape index (κ3) is 4.39. The Morgan fingerprint density at radius 1 is 1.16 bits per heavy atom. The van der Waals surface area contributed by atoms with Crippen molar-refractivity contribution in [2.45, 2.75) is 51.2 Å². The minimum Gasteiger partial charge on any atom is -0.385 e. The van der Waals surface area contributed by atoms with Gasteiger partial charge >= 0.3 is 0 Å². The normalized spacial score (nSPS) is 19.6. The summed E-state index contributed by atoms with van der Waals surface area (Å²) in [5.74, 6) is -0.746. The number of aromatic nitrogens is 1. The number of benzene rings is 2. The van der Waals surface area contributed by atoms with E-state index in [2.05, 4.69) is 15.6 Å². The number of ether oxygens (including phenoxy) is 1. The molecular formula is C29H34N4O4. The zero-order chi connectivity index (χ0) is 26.1. The van der Waals surface area contributed by atoms with Crippen molar-refractivity contribution in [1.82, 2.24) is 20.5 Å². The molecule has 3 N–H and O–H groups in total. The van der Waals surface area contributed by atoms with E-state index in [1.54, 1.807) is 12.0 Å². The highest BCUT2D eigenvalue weighted by Gasteiger charge is 2.49. The summed E-state index contributed by atoms with van der Waals surface area (Å²) >= 11 is 0. The average molecular weight is 503 g/mol. The molecule has 3 aromatic rings. The van der Waals surface area contributed by atoms with Gasteiger partial charge in [0.2, 0.25) is 11.8 Å². The first-order valence-corrected chi connectivity index (χ1v) is 13.0. The van der Waals surface area contributed by atoms with Crippen LogP contribution in [0.25, 0.3) is 10.9 Å². The molecule has 2 aliphatic rings. The number of H-pyrrole nitrogens is 1. The number of fused-ring (bicyclic) bond motifs is 7. The number of hydrogen-bond donors (Lipinski definition) is 3. The monoisotopic (exact) mass is 502 g/mol. The Morgan fingerprint density at radius 2 is 1.92 bits per heavy atom. The predicted molar refractivity (Wildman–Crippen MR) is 141 cm³/mol. The second kappa shape index (κ2) is 10.4. The van der Waals surface area contributed by atoms with Crippen LogP contribution in [0.2, 0.25) is 0 Å². The Labute approximate surface area is 216 Å². The number of methoxy groups -OCH3 is 1. The highest BCUT2D eigenvalue weighted by Crippen LogP contribution is 2.46. The first kappa shape index (κ1) is 25.0. The van der Waals surface area contributed by atoms with E-state index in [9.17, 15) is 14.4 Å². The van der Waals surface area contributed by atoms with Crippen LogP contribution in [0.3, 0.4) is 0 Å². The molecule has 8 heteroatoms. The van der Waals surface area contributed by atoms with Gasteiger partial charge in [0, 0.05) is 48.8 Å². The number of amides is 3. The van der Waals surface area contributed by atoms with Gasteiger partial charge in [-0.3, -0.25) is 14.4 Å². The lowest BCUT2D eigenvalue weighted by Gasteiger charge is -2.38. The van der Waals surface area contributed by atoms with Crippen LogP contribution in [0.15, 0.2) is 48.5 Å². The fourth-order valence-corrected chi connectivity index (χ4v) is 5.63. The molecule has 0 fully saturated rings. The van der Waals surface area contributed by atoms with Crippen molar-refractivity contribution < 1.29 is 19.1 Å². The number of nitrogens with zero attached hydrogens (tertiary/aromatic N) is 1. The van der Waals surface area contributed by atoms with E-state index in [1.165, 1.54) is 0 Å². The van der Waals surface area contributed by atoms with Crippen molar-refractivity contribution in [3.05, 3.63) is 70.9 Å². The van der Waals surface area contributed by atoms with Crippen LogP contribution in [-0.4, -0.2) is 60.0 Å². The van der Waals surface area contributed by atoms with Gasteiger partial charge in [-0.05, 0) is 35.6 Å². The van der Waals surface area contributed by atoms with Crippen molar-refractivity contribution >= 4 is 28.6 Å². The first-order valence-electron chi connectivity index (χ1n) is 13.0. The highest BCUT2D eigenvalue weighted by atomic mass is 16.5. The van der Waals surface area contributed by atoms with Crippen molar-refractivity contribution in [2.75, 3.05) is 20.3 Å². The Bertz CT molecular complexity index is 1330. The minimum atomic E-state index is -0.732. The number of carbonyl (C=O) groups excluding carboxylic acids is 3. The molecule has 0 aliphatic carbocycles. The zero-order valence-corrected chi connectivity index (χ0v) is 21.5. The fourth-order valence-electron chi connectivity index (χ4n) is 5.63.